The maximum absolute atomic E-state index is 11.3. The van der Waals surface area contributed by atoms with Crippen molar-refractivity contribution >= 4 is 5.97 Å². The van der Waals surface area contributed by atoms with Crippen LogP contribution in [0.25, 0.3) is 0 Å². The molecular formula is C11H14O3. The van der Waals surface area contributed by atoms with Gasteiger partial charge in [-0.3, -0.25) is 4.79 Å². The van der Waals surface area contributed by atoms with Crippen LogP contribution < -0.4 is 0 Å². The first kappa shape index (κ1) is 9.31. The third kappa shape index (κ3) is 1.67. The highest BCUT2D eigenvalue weighted by molar-refractivity contribution is 5.72. The van der Waals surface area contributed by atoms with Crippen molar-refractivity contribution in [2.75, 3.05) is 6.61 Å². The van der Waals surface area contributed by atoms with Gasteiger partial charge in [0.25, 0.3) is 0 Å². The Morgan fingerprint density at radius 1 is 1.64 bits per heavy atom. The fourth-order valence-electron chi connectivity index (χ4n) is 1.73. The fraction of sp³-hybridized carbons (Fsp3) is 0.545. The van der Waals surface area contributed by atoms with Crippen LogP contribution in [0.3, 0.4) is 0 Å². The normalized spacial score (nSPS) is 17.8. The summed E-state index contributed by atoms with van der Waals surface area (Å²) in [5, 5.41) is 0. The highest BCUT2D eigenvalue weighted by Gasteiger charge is 2.48. The van der Waals surface area contributed by atoms with Crippen LogP contribution in [0.5, 0.6) is 0 Å². The Bertz CT molecular complexity index is 309. The van der Waals surface area contributed by atoms with Gasteiger partial charge in [0.05, 0.1) is 19.3 Å². The molecule has 1 aromatic rings. The van der Waals surface area contributed by atoms with Crippen LogP contribution in [0.1, 0.15) is 31.9 Å². The van der Waals surface area contributed by atoms with Crippen molar-refractivity contribution in [1.29, 1.82) is 0 Å². The first-order valence-corrected chi connectivity index (χ1v) is 4.96. The van der Waals surface area contributed by atoms with E-state index in [-0.39, 0.29) is 11.4 Å². The molecule has 0 aliphatic heterocycles. The molecule has 2 rings (SSSR count). The van der Waals surface area contributed by atoms with E-state index >= 15 is 0 Å². The molecule has 1 saturated carbocycles. The Kier molecular flexibility index (Phi) is 2.32. The van der Waals surface area contributed by atoms with E-state index < -0.39 is 0 Å². The van der Waals surface area contributed by atoms with Gasteiger partial charge < -0.3 is 9.15 Å². The highest BCUT2D eigenvalue weighted by Crippen LogP contribution is 2.51. The van der Waals surface area contributed by atoms with Gasteiger partial charge in [0.2, 0.25) is 0 Å². The van der Waals surface area contributed by atoms with Crippen molar-refractivity contribution in [3.8, 4) is 0 Å². The van der Waals surface area contributed by atoms with Crippen molar-refractivity contribution in [2.45, 2.75) is 31.6 Å². The van der Waals surface area contributed by atoms with E-state index in [0.717, 1.165) is 18.6 Å². The second-order valence-corrected chi connectivity index (χ2v) is 3.74. The van der Waals surface area contributed by atoms with Crippen LogP contribution in [0.4, 0.5) is 0 Å². The van der Waals surface area contributed by atoms with Crippen molar-refractivity contribution in [2.24, 2.45) is 0 Å². The van der Waals surface area contributed by atoms with Gasteiger partial charge >= 0.3 is 5.97 Å². The molecular weight excluding hydrogens is 180 g/mol. The van der Waals surface area contributed by atoms with E-state index in [9.17, 15) is 4.79 Å². The zero-order valence-corrected chi connectivity index (χ0v) is 8.29. The van der Waals surface area contributed by atoms with E-state index in [1.165, 1.54) is 0 Å². The van der Waals surface area contributed by atoms with E-state index in [1.807, 2.05) is 19.1 Å². The first-order valence-electron chi connectivity index (χ1n) is 4.96. The lowest BCUT2D eigenvalue weighted by Crippen LogP contribution is -2.15. The Hall–Kier alpha value is -1.25. The average Bonchev–Trinajstić information content (AvgIpc) is 2.74. The standard InChI is InChI=1S/C11H14O3/c1-2-13-10(12)8-11(5-6-11)9-4-3-7-14-9/h3-4,7H,2,5-6,8H2,1H3. The number of furan rings is 1. The number of carbonyl (C=O) groups excluding carboxylic acids is 1. The molecule has 1 heterocycles. The third-order valence-corrected chi connectivity index (χ3v) is 2.69. The summed E-state index contributed by atoms with van der Waals surface area (Å²) in [4.78, 5) is 11.3. The molecule has 0 N–H and O–H groups in total. The van der Waals surface area contributed by atoms with Gasteiger partial charge in [-0.1, -0.05) is 0 Å². The molecule has 76 valence electrons. The lowest BCUT2D eigenvalue weighted by atomic mass is 9.99. The number of rotatable bonds is 4. The third-order valence-electron chi connectivity index (χ3n) is 2.69. The van der Waals surface area contributed by atoms with Crippen LogP contribution in [0.2, 0.25) is 0 Å². The number of hydrogen-bond acceptors (Lipinski definition) is 3. The fourth-order valence-corrected chi connectivity index (χ4v) is 1.73. The van der Waals surface area contributed by atoms with Crippen molar-refractivity contribution in [1.82, 2.24) is 0 Å². The van der Waals surface area contributed by atoms with E-state index in [1.54, 1.807) is 6.26 Å². The number of esters is 1. The largest absolute Gasteiger partial charge is 0.469 e. The lowest BCUT2D eigenvalue weighted by molar-refractivity contribution is -0.143. The van der Waals surface area contributed by atoms with Crippen LogP contribution in [0.15, 0.2) is 22.8 Å². The van der Waals surface area contributed by atoms with E-state index in [4.69, 9.17) is 9.15 Å². The maximum Gasteiger partial charge on any atom is 0.306 e. The minimum absolute atomic E-state index is 0.0459. The molecule has 0 radical (unpaired) electrons. The molecule has 0 saturated heterocycles. The summed E-state index contributed by atoms with van der Waals surface area (Å²) < 4.78 is 10.3. The quantitative estimate of drug-likeness (QED) is 0.690. The number of carbonyl (C=O) groups is 1. The Morgan fingerprint density at radius 3 is 2.93 bits per heavy atom. The summed E-state index contributed by atoms with van der Waals surface area (Å²) in [5.41, 5.74) is -0.0459. The minimum atomic E-state index is -0.124. The predicted molar refractivity (Wildman–Crippen MR) is 50.9 cm³/mol. The summed E-state index contributed by atoms with van der Waals surface area (Å²) in [6, 6.07) is 3.80. The summed E-state index contributed by atoms with van der Waals surface area (Å²) in [6.07, 6.45) is 4.16. The molecule has 0 amide bonds. The SMILES string of the molecule is CCOC(=O)CC1(c2ccco2)CC1. The zero-order chi connectivity index (χ0) is 10.0. The van der Waals surface area contributed by atoms with Gasteiger partial charge in [-0.15, -0.1) is 0 Å². The van der Waals surface area contributed by atoms with E-state index in [2.05, 4.69) is 0 Å². The first-order chi connectivity index (χ1) is 6.77. The molecule has 0 aromatic carbocycles. The molecule has 0 unspecified atom stereocenters. The second kappa shape index (κ2) is 3.48. The summed E-state index contributed by atoms with van der Waals surface area (Å²) in [7, 11) is 0. The Balaban J connectivity index is 2.01. The van der Waals surface area contributed by atoms with Gasteiger partial charge in [-0.25, -0.2) is 0 Å². The highest BCUT2D eigenvalue weighted by atomic mass is 16.5. The summed E-state index contributed by atoms with van der Waals surface area (Å²) in [6.45, 7) is 2.28. The van der Waals surface area contributed by atoms with Gasteiger partial charge in [-0.05, 0) is 31.9 Å². The molecule has 0 spiro atoms. The molecule has 0 atom stereocenters. The molecule has 1 aromatic heterocycles. The van der Waals surface area contributed by atoms with Crippen LogP contribution >= 0.6 is 0 Å². The average molecular weight is 194 g/mol. The molecule has 3 nitrogen and oxygen atoms in total. The number of ether oxygens (including phenoxy) is 1. The smallest absolute Gasteiger partial charge is 0.306 e. The summed E-state index contributed by atoms with van der Waals surface area (Å²) >= 11 is 0. The molecule has 1 aliphatic carbocycles. The Morgan fingerprint density at radius 2 is 2.43 bits per heavy atom. The van der Waals surface area contributed by atoms with Crippen molar-refractivity contribution < 1.29 is 13.9 Å². The number of hydrogen-bond donors (Lipinski definition) is 0. The molecule has 1 aliphatic rings. The predicted octanol–water partition coefficient (Wildman–Crippen LogP) is 2.26. The monoisotopic (exact) mass is 194 g/mol. The zero-order valence-electron chi connectivity index (χ0n) is 8.29. The van der Waals surface area contributed by atoms with Crippen LogP contribution in [0, 0.1) is 0 Å². The molecule has 1 fully saturated rings. The lowest BCUT2D eigenvalue weighted by Gasteiger charge is -2.10. The van der Waals surface area contributed by atoms with Gasteiger partial charge in [0, 0.05) is 5.41 Å². The summed E-state index contributed by atoms with van der Waals surface area (Å²) in [5.74, 6) is 0.798. The molecule has 0 bridgehead atoms. The molecule has 3 heteroatoms. The van der Waals surface area contributed by atoms with Crippen molar-refractivity contribution in [3.63, 3.8) is 0 Å². The second-order valence-electron chi connectivity index (χ2n) is 3.74. The van der Waals surface area contributed by atoms with Crippen LogP contribution in [-0.4, -0.2) is 12.6 Å². The minimum Gasteiger partial charge on any atom is -0.469 e. The van der Waals surface area contributed by atoms with Gasteiger partial charge in [0.1, 0.15) is 5.76 Å². The Labute approximate surface area is 83.0 Å². The van der Waals surface area contributed by atoms with E-state index in [0.29, 0.717) is 13.0 Å². The van der Waals surface area contributed by atoms with Crippen molar-refractivity contribution in [3.05, 3.63) is 24.2 Å². The van der Waals surface area contributed by atoms with Gasteiger partial charge in [0.15, 0.2) is 0 Å². The van der Waals surface area contributed by atoms with Crippen LogP contribution in [-0.2, 0) is 14.9 Å². The topological polar surface area (TPSA) is 39.4 Å². The van der Waals surface area contributed by atoms with Gasteiger partial charge in [-0.2, -0.15) is 0 Å². The maximum atomic E-state index is 11.3. The molecule has 14 heavy (non-hydrogen) atoms.